The van der Waals surface area contributed by atoms with Crippen molar-refractivity contribution in [2.75, 3.05) is 33.0 Å². The van der Waals surface area contributed by atoms with E-state index in [1.165, 1.54) is 6.07 Å². The molecule has 1 fully saturated rings. The van der Waals surface area contributed by atoms with Crippen LogP contribution in [0, 0.1) is 17.0 Å². The van der Waals surface area contributed by atoms with E-state index in [0.717, 1.165) is 54.7 Å². The summed E-state index contributed by atoms with van der Waals surface area (Å²) in [5.41, 5.74) is 3.82. The van der Waals surface area contributed by atoms with Crippen LogP contribution in [-0.4, -0.2) is 51.3 Å². The summed E-state index contributed by atoms with van der Waals surface area (Å²) >= 11 is 0. The summed E-state index contributed by atoms with van der Waals surface area (Å²) in [6, 6.07) is 17.5. The molecule has 1 saturated heterocycles. The first kappa shape index (κ1) is 36.8. The van der Waals surface area contributed by atoms with E-state index in [1.54, 1.807) is 54.6 Å². The molecule has 1 aliphatic heterocycles. The Labute approximate surface area is 296 Å². The Morgan fingerprint density at radius 2 is 1.35 bits per heavy atom. The van der Waals surface area contributed by atoms with E-state index in [4.69, 9.17) is 23.7 Å². The van der Waals surface area contributed by atoms with Crippen LogP contribution in [0.4, 0.5) is 22.0 Å². The molecule has 0 amide bonds. The molecule has 13 heteroatoms. The van der Waals surface area contributed by atoms with Gasteiger partial charge in [-0.3, -0.25) is 0 Å². The molecule has 8 nitrogen and oxygen atoms in total. The quantitative estimate of drug-likeness (QED) is 0.0551. The summed E-state index contributed by atoms with van der Waals surface area (Å²) in [4.78, 5) is 25.8. The lowest BCUT2D eigenvalue weighted by Crippen LogP contribution is -2.45. The zero-order chi connectivity index (χ0) is 37.0. The van der Waals surface area contributed by atoms with E-state index in [9.17, 15) is 31.5 Å². The summed E-state index contributed by atoms with van der Waals surface area (Å²) in [5, 5.41) is 0. The highest BCUT2D eigenvalue weighted by molar-refractivity contribution is 5.94. The van der Waals surface area contributed by atoms with Crippen LogP contribution in [0.25, 0.3) is 11.1 Å². The van der Waals surface area contributed by atoms with Crippen molar-refractivity contribution in [1.29, 1.82) is 0 Å². The van der Waals surface area contributed by atoms with Crippen molar-refractivity contribution >= 4 is 11.9 Å². The first-order valence-electron chi connectivity index (χ1n) is 16.7. The first-order chi connectivity index (χ1) is 24.8. The summed E-state index contributed by atoms with van der Waals surface area (Å²) in [6.07, 6.45) is -2.57. The van der Waals surface area contributed by atoms with Crippen molar-refractivity contribution in [3.05, 3.63) is 107 Å². The topological polar surface area (TPSA) is 89.5 Å². The molecule has 1 atom stereocenters. The Kier molecular flexibility index (Phi) is 10.8. The Morgan fingerprint density at radius 1 is 0.769 bits per heavy atom. The Morgan fingerprint density at radius 3 is 1.98 bits per heavy atom. The highest BCUT2D eigenvalue weighted by Crippen LogP contribution is 2.46. The van der Waals surface area contributed by atoms with Gasteiger partial charge in [-0.25, -0.2) is 18.4 Å². The van der Waals surface area contributed by atoms with Crippen LogP contribution in [0.1, 0.15) is 70.9 Å². The smallest absolute Gasteiger partial charge is 0.494 e. The van der Waals surface area contributed by atoms with Crippen LogP contribution in [0.2, 0.25) is 0 Å². The number of hydrogen-bond donors (Lipinski definition) is 0. The molecule has 52 heavy (non-hydrogen) atoms. The number of carbonyl (C=O) groups excluding carboxylic acids is 2. The number of benzene rings is 4. The minimum Gasteiger partial charge on any atom is -0.494 e. The molecular weight excluding hydrogens is 691 g/mol. The fraction of sp³-hybridized carbons (Fsp3) is 0.333. The second kappa shape index (κ2) is 15.3. The van der Waals surface area contributed by atoms with Crippen LogP contribution < -0.4 is 18.9 Å². The predicted octanol–water partition coefficient (Wildman–Crippen LogP) is 9.04. The SMILES string of the molecule is CCC1(COCCCCOc2ccc(C(=O)Oc3ccc4c(c3)C(C)c3cc(C(=O)Oc5cc(F)c(OC(F)(F)F)c(F)c5)ccc3-4)cc2)COC1. The lowest BCUT2D eigenvalue weighted by molar-refractivity contribution is -0.276. The van der Waals surface area contributed by atoms with Crippen molar-refractivity contribution in [2.45, 2.75) is 45.4 Å². The number of carbonyl (C=O) groups is 2. The summed E-state index contributed by atoms with van der Waals surface area (Å²) in [6.45, 7) is 7.47. The van der Waals surface area contributed by atoms with Gasteiger partial charge in [0.1, 0.15) is 17.2 Å². The van der Waals surface area contributed by atoms with Gasteiger partial charge in [0.05, 0.1) is 37.6 Å². The van der Waals surface area contributed by atoms with E-state index < -0.39 is 41.4 Å². The lowest BCUT2D eigenvalue weighted by atomic mass is 9.84. The number of hydrogen-bond acceptors (Lipinski definition) is 8. The maximum atomic E-state index is 14.1. The number of rotatable bonds is 14. The van der Waals surface area contributed by atoms with Crippen molar-refractivity contribution in [3.63, 3.8) is 0 Å². The van der Waals surface area contributed by atoms with Gasteiger partial charge >= 0.3 is 18.3 Å². The van der Waals surface area contributed by atoms with E-state index in [2.05, 4.69) is 11.7 Å². The zero-order valence-corrected chi connectivity index (χ0v) is 28.3. The molecule has 2 aliphatic rings. The monoisotopic (exact) mass is 726 g/mol. The molecule has 0 spiro atoms. The lowest BCUT2D eigenvalue weighted by Gasteiger charge is -2.40. The third-order valence-electron chi connectivity index (χ3n) is 9.16. The maximum Gasteiger partial charge on any atom is 0.573 e. The highest BCUT2D eigenvalue weighted by Gasteiger charge is 2.37. The van der Waals surface area contributed by atoms with Gasteiger partial charge in [-0.2, -0.15) is 0 Å². The van der Waals surface area contributed by atoms with Crippen molar-refractivity contribution in [2.24, 2.45) is 5.41 Å². The summed E-state index contributed by atoms with van der Waals surface area (Å²) < 4.78 is 96.7. The molecule has 0 radical (unpaired) electrons. The molecule has 1 unspecified atom stereocenters. The number of unbranched alkanes of at least 4 members (excludes halogenated alkanes) is 1. The molecule has 1 aliphatic carbocycles. The molecule has 6 rings (SSSR count). The van der Waals surface area contributed by atoms with Crippen LogP contribution in [-0.2, 0) is 9.47 Å². The van der Waals surface area contributed by atoms with Crippen LogP contribution in [0.15, 0.2) is 72.8 Å². The summed E-state index contributed by atoms with van der Waals surface area (Å²) in [5.74, 6) is -6.50. The number of esters is 2. The van der Waals surface area contributed by atoms with Crippen LogP contribution in [0.3, 0.4) is 0 Å². The summed E-state index contributed by atoms with van der Waals surface area (Å²) in [7, 11) is 0. The predicted molar refractivity (Wildman–Crippen MR) is 178 cm³/mol. The standard InChI is InChI=1S/C39H35F5O8/c1-3-38(21-48-22-38)20-47-14-4-5-15-49-26-9-6-24(7-10-26)36(45)50-27-11-13-30-29-12-8-25(16-31(29)23(2)32(30)17-27)37(46)51-28-18-33(40)35(34(41)19-28)52-39(42,43)44/h6-13,16-19,23H,3-5,14-15,20-22H2,1-2H3. The second-order valence-corrected chi connectivity index (χ2v) is 12.8. The third-order valence-corrected chi connectivity index (χ3v) is 9.16. The Bertz CT molecular complexity index is 1910. The third kappa shape index (κ3) is 8.37. The molecule has 4 aromatic carbocycles. The van der Waals surface area contributed by atoms with Crippen molar-refractivity contribution < 1.29 is 60.0 Å². The largest absolute Gasteiger partial charge is 0.573 e. The zero-order valence-electron chi connectivity index (χ0n) is 28.3. The first-order valence-corrected chi connectivity index (χ1v) is 16.7. The molecule has 0 bridgehead atoms. The Hall–Kier alpha value is -5.01. The van der Waals surface area contributed by atoms with Gasteiger partial charge in [0.15, 0.2) is 11.6 Å². The number of alkyl halides is 3. The normalized spacial score (nSPS) is 15.6. The fourth-order valence-electron chi connectivity index (χ4n) is 6.06. The van der Waals surface area contributed by atoms with E-state index in [-0.39, 0.29) is 16.9 Å². The van der Waals surface area contributed by atoms with Crippen LogP contribution in [0.5, 0.6) is 23.0 Å². The van der Waals surface area contributed by atoms with E-state index in [0.29, 0.717) is 49.0 Å². The maximum absolute atomic E-state index is 14.1. The van der Waals surface area contributed by atoms with Gasteiger partial charge in [0.2, 0.25) is 5.75 Å². The minimum atomic E-state index is -5.32. The number of ether oxygens (including phenoxy) is 6. The molecule has 4 aromatic rings. The van der Waals surface area contributed by atoms with Gasteiger partial charge in [0, 0.05) is 30.1 Å². The molecule has 1 heterocycles. The van der Waals surface area contributed by atoms with E-state index in [1.807, 2.05) is 6.92 Å². The molecule has 274 valence electrons. The van der Waals surface area contributed by atoms with Gasteiger partial charge < -0.3 is 28.4 Å². The van der Waals surface area contributed by atoms with Gasteiger partial charge in [0.25, 0.3) is 0 Å². The molecule has 0 aromatic heterocycles. The second-order valence-electron chi connectivity index (χ2n) is 12.8. The van der Waals surface area contributed by atoms with E-state index >= 15 is 0 Å². The van der Waals surface area contributed by atoms with Crippen molar-refractivity contribution in [3.8, 4) is 34.1 Å². The van der Waals surface area contributed by atoms with Gasteiger partial charge in [-0.1, -0.05) is 26.0 Å². The molecule has 0 N–H and O–H groups in total. The number of fused-ring (bicyclic) bond motifs is 3. The van der Waals surface area contributed by atoms with Gasteiger partial charge in [-0.15, -0.1) is 13.2 Å². The van der Waals surface area contributed by atoms with Crippen LogP contribution >= 0.6 is 0 Å². The fourth-order valence-corrected chi connectivity index (χ4v) is 6.06. The molecule has 0 saturated carbocycles. The average molecular weight is 727 g/mol. The van der Waals surface area contributed by atoms with Crippen molar-refractivity contribution in [1.82, 2.24) is 0 Å². The number of halogens is 5. The average Bonchev–Trinajstić information content (AvgIpc) is 3.37. The molecular formula is C39H35F5O8. The Balaban J connectivity index is 1.01. The highest BCUT2D eigenvalue weighted by atomic mass is 19.4. The minimum absolute atomic E-state index is 0.0444. The van der Waals surface area contributed by atoms with Gasteiger partial charge in [-0.05, 0) is 90.0 Å².